The molecule has 1 amide bonds. The number of aliphatic hydroxyl groups is 3. The molecule has 0 bridgehead atoms. The van der Waals surface area contributed by atoms with E-state index in [2.05, 4.69) is 24.0 Å². The van der Waals surface area contributed by atoms with Crippen molar-refractivity contribution in [2.24, 2.45) is 11.8 Å². The summed E-state index contributed by atoms with van der Waals surface area (Å²) < 4.78 is 0. The van der Waals surface area contributed by atoms with Gasteiger partial charge in [0.15, 0.2) is 5.78 Å². The number of unbranched alkanes of at least 4 members (excludes halogenated alkanes) is 1. The molecule has 224 valence electrons. The second kappa shape index (κ2) is 22.4. The van der Waals surface area contributed by atoms with Crippen LogP contribution in [-0.2, 0) is 9.59 Å². The first-order valence-electron chi connectivity index (χ1n) is 14.2. The summed E-state index contributed by atoms with van der Waals surface area (Å²) in [5.41, 5.74) is -0.00671. The quantitative estimate of drug-likeness (QED) is 0.0630. The molecule has 0 spiro atoms. The van der Waals surface area contributed by atoms with Crippen LogP contribution >= 0.6 is 0 Å². The first-order valence-corrected chi connectivity index (χ1v) is 14.2. The summed E-state index contributed by atoms with van der Waals surface area (Å²) in [5, 5.41) is 32.9. The molecule has 0 aromatic carbocycles. The van der Waals surface area contributed by atoms with E-state index in [1.807, 2.05) is 86.8 Å². The fourth-order valence-corrected chi connectivity index (χ4v) is 3.70. The summed E-state index contributed by atoms with van der Waals surface area (Å²) in [7, 11) is 0. The van der Waals surface area contributed by atoms with E-state index in [9.17, 15) is 24.9 Å². The van der Waals surface area contributed by atoms with Gasteiger partial charge >= 0.3 is 0 Å². The molecule has 4 atom stereocenters. The first-order chi connectivity index (χ1) is 20.3. The number of allylic oxidation sites excluding steroid dienone is 20. The van der Waals surface area contributed by atoms with Crippen molar-refractivity contribution in [1.29, 1.82) is 0 Å². The van der Waals surface area contributed by atoms with E-state index in [4.69, 9.17) is 0 Å². The molecule has 1 aliphatic carbocycles. The van der Waals surface area contributed by atoms with Gasteiger partial charge in [-0.05, 0) is 12.8 Å². The Morgan fingerprint density at radius 3 is 1.93 bits per heavy atom. The molecule has 4 unspecified atom stereocenters. The Bertz CT molecular complexity index is 1190. The van der Waals surface area contributed by atoms with Crippen LogP contribution in [0.5, 0.6) is 0 Å². The van der Waals surface area contributed by atoms with Crippen molar-refractivity contribution in [3.05, 3.63) is 146 Å². The lowest BCUT2D eigenvalue weighted by Gasteiger charge is -2.25. The summed E-state index contributed by atoms with van der Waals surface area (Å²) in [6, 6.07) is 0. The maximum absolute atomic E-state index is 11.8. The van der Waals surface area contributed by atoms with E-state index < -0.39 is 18.1 Å². The highest BCUT2D eigenvalue weighted by atomic mass is 16.3. The van der Waals surface area contributed by atoms with Crippen molar-refractivity contribution in [2.75, 3.05) is 0 Å². The van der Waals surface area contributed by atoms with Crippen molar-refractivity contribution in [3.63, 3.8) is 0 Å². The molecule has 0 aromatic heterocycles. The van der Waals surface area contributed by atoms with Crippen molar-refractivity contribution in [1.82, 2.24) is 5.32 Å². The average Bonchev–Trinajstić information content (AvgIpc) is 3.29. The van der Waals surface area contributed by atoms with Crippen molar-refractivity contribution in [3.8, 4) is 0 Å². The van der Waals surface area contributed by atoms with Crippen molar-refractivity contribution < 1.29 is 24.9 Å². The summed E-state index contributed by atoms with van der Waals surface area (Å²) in [6.45, 7) is 7.39. The highest BCUT2D eigenvalue weighted by Gasteiger charge is 2.24. The van der Waals surface area contributed by atoms with E-state index in [0.29, 0.717) is 0 Å². The molecule has 0 heterocycles. The average molecular weight is 572 g/mol. The van der Waals surface area contributed by atoms with Crippen LogP contribution in [-0.4, -0.2) is 39.2 Å². The maximum Gasteiger partial charge on any atom is 0.248 e. The Hall–Kier alpha value is -4.26. The second-order valence-electron chi connectivity index (χ2n) is 9.66. The normalized spacial score (nSPS) is 18.3. The van der Waals surface area contributed by atoms with Gasteiger partial charge in [-0.25, -0.2) is 0 Å². The predicted octanol–water partition coefficient (Wildman–Crippen LogP) is 6.76. The van der Waals surface area contributed by atoms with Crippen LogP contribution in [0.15, 0.2) is 146 Å². The zero-order valence-corrected chi connectivity index (χ0v) is 24.6. The van der Waals surface area contributed by atoms with Crippen molar-refractivity contribution >= 4 is 11.7 Å². The van der Waals surface area contributed by atoms with Gasteiger partial charge in [-0.15, -0.1) is 0 Å². The molecule has 0 radical (unpaired) electrons. The number of ketones is 1. The lowest BCUT2D eigenvalue weighted by molar-refractivity contribution is -0.119. The highest BCUT2D eigenvalue weighted by molar-refractivity contribution is 6.03. The number of hydrogen-bond donors (Lipinski definition) is 4. The van der Waals surface area contributed by atoms with Crippen LogP contribution < -0.4 is 5.32 Å². The number of Topliss-reactive ketones (excluding diaryl/α,β-unsaturated/α-hetero) is 1. The van der Waals surface area contributed by atoms with Crippen LogP contribution in [0.2, 0.25) is 0 Å². The number of aliphatic hydroxyl groups excluding tert-OH is 3. The van der Waals surface area contributed by atoms with Gasteiger partial charge in [-0.1, -0.05) is 142 Å². The standard InChI is InChI=1S/C36H45NO5/c1-4-5-6-7-8-16-19-22-25-31(38)30(3)36(42)29(2)24-21-18-15-13-11-9-10-12-14-17-20-23-26-34(41)37-35-32(39)27-28-33(35)40/h4-14,16-17,19-26,29-31,36,38-39,42H,1,15,18,27-28H2,2-3H3,(H,37,41)/b6-5+,8-7+,10-9+,13-11+,14-12+,19-16+,20-17+,24-21+,25-22+,26-23+. The largest absolute Gasteiger partial charge is 0.510 e. The molecular weight excluding hydrogens is 526 g/mol. The van der Waals surface area contributed by atoms with Crippen molar-refractivity contribution in [2.45, 2.75) is 51.7 Å². The van der Waals surface area contributed by atoms with E-state index >= 15 is 0 Å². The lowest BCUT2D eigenvalue weighted by atomic mass is 9.88. The van der Waals surface area contributed by atoms with E-state index in [-0.39, 0.29) is 41.9 Å². The Morgan fingerprint density at radius 1 is 0.786 bits per heavy atom. The summed E-state index contributed by atoms with van der Waals surface area (Å²) in [6.07, 6.45) is 39.0. The molecule has 0 saturated carbocycles. The molecule has 4 N–H and O–H groups in total. The monoisotopic (exact) mass is 571 g/mol. The minimum Gasteiger partial charge on any atom is -0.510 e. The third kappa shape index (κ3) is 16.1. The van der Waals surface area contributed by atoms with E-state index in [1.165, 1.54) is 6.08 Å². The number of amides is 1. The molecule has 6 heteroatoms. The van der Waals surface area contributed by atoms with Crippen LogP contribution in [0.4, 0.5) is 0 Å². The molecule has 0 fully saturated rings. The van der Waals surface area contributed by atoms with E-state index in [1.54, 1.807) is 36.5 Å². The smallest absolute Gasteiger partial charge is 0.248 e. The fourth-order valence-electron chi connectivity index (χ4n) is 3.70. The lowest BCUT2D eigenvalue weighted by Crippen LogP contribution is -2.32. The first kappa shape index (κ1) is 35.8. The Labute approximate surface area is 250 Å². The number of carbonyl (C=O) groups is 2. The zero-order valence-electron chi connectivity index (χ0n) is 24.6. The van der Waals surface area contributed by atoms with Gasteiger partial charge in [0, 0.05) is 30.8 Å². The van der Waals surface area contributed by atoms with Gasteiger partial charge in [-0.3, -0.25) is 9.59 Å². The SMILES string of the molecule is C=C/C=C/C=C/C=C/C=C/C(O)C(C)C(O)C(C)/C=C/CC/C=C/C=C/C=C/C=C/C=C/C(=O)NC1=C(O)CCC1=O. The summed E-state index contributed by atoms with van der Waals surface area (Å²) in [4.78, 5) is 23.3. The molecule has 0 saturated heterocycles. The Balaban J connectivity index is 2.27. The molecular formula is C36H45NO5. The minimum absolute atomic E-state index is 0.00671. The molecule has 1 aliphatic rings. The Morgan fingerprint density at radius 2 is 1.33 bits per heavy atom. The summed E-state index contributed by atoms with van der Waals surface area (Å²) in [5.74, 6) is -1.17. The molecule has 42 heavy (non-hydrogen) atoms. The molecule has 6 nitrogen and oxygen atoms in total. The number of nitrogens with one attached hydrogen (secondary N) is 1. The molecule has 0 aromatic rings. The minimum atomic E-state index is -0.740. The van der Waals surface area contributed by atoms with Crippen LogP contribution in [0.25, 0.3) is 0 Å². The fraction of sp³-hybridized carbons (Fsp3) is 0.278. The Kier molecular flexibility index (Phi) is 19.1. The second-order valence-corrected chi connectivity index (χ2v) is 9.66. The number of rotatable bonds is 18. The number of hydrogen-bond acceptors (Lipinski definition) is 5. The zero-order chi connectivity index (χ0) is 31.0. The van der Waals surface area contributed by atoms with Gasteiger partial charge in [0.2, 0.25) is 5.91 Å². The summed E-state index contributed by atoms with van der Waals surface area (Å²) >= 11 is 0. The van der Waals surface area contributed by atoms with Gasteiger partial charge in [0.05, 0.1) is 12.2 Å². The van der Waals surface area contributed by atoms with Crippen LogP contribution in [0, 0.1) is 11.8 Å². The van der Waals surface area contributed by atoms with Crippen LogP contribution in [0.3, 0.4) is 0 Å². The molecule has 1 rings (SSSR count). The van der Waals surface area contributed by atoms with Gasteiger partial charge < -0.3 is 20.6 Å². The van der Waals surface area contributed by atoms with Crippen LogP contribution in [0.1, 0.15) is 39.5 Å². The maximum atomic E-state index is 11.8. The highest BCUT2D eigenvalue weighted by Crippen LogP contribution is 2.19. The third-order valence-electron chi connectivity index (χ3n) is 6.23. The van der Waals surface area contributed by atoms with Gasteiger partial charge in [0.25, 0.3) is 0 Å². The predicted molar refractivity (Wildman–Crippen MR) is 173 cm³/mol. The van der Waals surface area contributed by atoms with E-state index in [0.717, 1.165) is 12.8 Å². The topological polar surface area (TPSA) is 107 Å². The van der Waals surface area contributed by atoms with Gasteiger partial charge in [-0.2, -0.15) is 0 Å². The third-order valence-corrected chi connectivity index (χ3v) is 6.23. The molecule has 0 aliphatic heterocycles. The van der Waals surface area contributed by atoms with Gasteiger partial charge in [0.1, 0.15) is 11.5 Å². The number of carbonyl (C=O) groups excluding carboxylic acids is 2.